The lowest BCUT2D eigenvalue weighted by atomic mass is 9.97. The Morgan fingerprint density at radius 1 is 1.21 bits per heavy atom. The number of hydrogen-bond acceptors (Lipinski definition) is 1. The van der Waals surface area contributed by atoms with Crippen molar-refractivity contribution < 1.29 is 0 Å². The Bertz CT molecular complexity index is 534. The number of hydrogen-bond donors (Lipinski definition) is 0. The molecule has 1 heterocycles. The fourth-order valence-corrected chi connectivity index (χ4v) is 3.01. The van der Waals surface area contributed by atoms with Crippen molar-refractivity contribution in [2.45, 2.75) is 33.2 Å². The number of benzene rings is 1. The maximum Gasteiger partial charge on any atom is 0.0583 e. The first-order valence-corrected chi connectivity index (χ1v) is 7.41. The SMILES string of the molecule is C=C1C=C(Br)C=CN1C(CC)c1cc(C)cc(C)c1. The van der Waals surface area contributed by atoms with Gasteiger partial charge >= 0.3 is 0 Å². The smallest absolute Gasteiger partial charge is 0.0583 e. The molecule has 0 aliphatic carbocycles. The summed E-state index contributed by atoms with van der Waals surface area (Å²) in [6, 6.07) is 7.11. The van der Waals surface area contributed by atoms with Crippen LogP contribution in [0.2, 0.25) is 0 Å². The molecule has 0 saturated carbocycles. The van der Waals surface area contributed by atoms with Crippen molar-refractivity contribution in [1.82, 2.24) is 4.90 Å². The predicted octanol–water partition coefficient (Wildman–Crippen LogP) is 5.38. The van der Waals surface area contributed by atoms with E-state index in [-0.39, 0.29) is 0 Å². The number of nitrogens with zero attached hydrogens (tertiary/aromatic N) is 1. The van der Waals surface area contributed by atoms with Gasteiger partial charge in [0.15, 0.2) is 0 Å². The van der Waals surface area contributed by atoms with E-state index in [9.17, 15) is 0 Å². The fraction of sp³-hybridized carbons (Fsp3) is 0.294. The van der Waals surface area contributed by atoms with Gasteiger partial charge in [0.1, 0.15) is 0 Å². The van der Waals surface area contributed by atoms with Crippen molar-refractivity contribution in [3.8, 4) is 0 Å². The van der Waals surface area contributed by atoms with Gasteiger partial charge in [-0.15, -0.1) is 0 Å². The van der Waals surface area contributed by atoms with E-state index in [4.69, 9.17) is 0 Å². The molecule has 1 aromatic carbocycles. The topological polar surface area (TPSA) is 3.24 Å². The minimum absolute atomic E-state index is 0.346. The van der Waals surface area contributed by atoms with Crippen molar-refractivity contribution in [2.24, 2.45) is 0 Å². The molecule has 1 aromatic rings. The molecule has 1 atom stereocenters. The van der Waals surface area contributed by atoms with Crippen molar-refractivity contribution in [3.63, 3.8) is 0 Å². The van der Waals surface area contributed by atoms with Crippen molar-refractivity contribution in [1.29, 1.82) is 0 Å². The van der Waals surface area contributed by atoms with Gasteiger partial charge in [-0.1, -0.05) is 58.8 Å². The zero-order chi connectivity index (χ0) is 14.0. The molecular weight excluding hydrogens is 298 g/mol. The van der Waals surface area contributed by atoms with Crippen molar-refractivity contribution in [3.05, 3.63) is 70.0 Å². The molecule has 1 aliphatic heterocycles. The molecule has 19 heavy (non-hydrogen) atoms. The molecular formula is C17H20BrN. The molecule has 1 aliphatic rings. The quantitative estimate of drug-likeness (QED) is 0.723. The van der Waals surface area contributed by atoms with Crippen molar-refractivity contribution in [2.75, 3.05) is 0 Å². The summed E-state index contributed by atoms with van der Waals surface area (Å²) >= 11 is 3.49. The summed E-state index contributed by atoms with van der Waals surface area (Å²) in [7, 11) is 0. The first kappa shape index (κ1) is 14.1. The van der Waals surface area contributed by atoms with Crippen LogP contribution in [0.1, 0.15) is 36.1 Å². The highest BCUT2D eigenvalue weighted by Gasteiger charge is 2.19. The van der Waals surface area contributed by atoms with E-state index < -0.39 is 0 Å². The second-order valence-electron chi connectivity index (χ2n) is 5.09. The second-order valence-corrected chi connectivity index (χ2v) is 6.00. The molecule has 2 rings (SSSR count). The van der Waals surface area contributed by atoms with Gasteiger partial charge < -0.3 is 4.90 Å². The summed E-state index contributed by atoms with van der Waals surface area (Å²) in [6.07, 6.45) is 7.29. The monoisotopic (exact) mass is 317 g/mol. The summed E-state index contributed by atoms with van der Waals surface area (Å²) < 4.78 is 1.07. The lowest BCUT2D eigenvalue weighted by molar-refractivity contribution is 0.344. The Kier molecular flexibility index (Phi) is 4.31. The van der Waals surface area contributed by atoms with Crippen LogP contribution in [0.15, 0.2) is 53.3 Å². The van der Waals surface area contributed by atoms with E-state index in [0.29, 0.717) is 6.04 Å². The Morgan fingerprint density at radius 2 is 1.84 bits per heavy atom. The molecule has 0 bridgehead atoms. The molecule has 100 valence electrons. The summed E-state index contributed by atoms with van der Waals surface area (Å²) in [6.45, 7) is 10.7. The molecule has 0 N–H and O–H groups in total. The maximum absolute atomic E-state index is 4.15. The van der Waals surface area contributed by atoms with Crippen LogP contribution >= 0.6 is 15.9 Å². The predicted molar refractivity (Wildman–Crippen MR) is 86.1 cm³/mol. The van der Waals surface area contributed by atoms with Gasteiger partial charge in [-0.2, -0.15) is 0 Å². The first-order valence-electron chi connectivity index (χ1n) is 6.62. The molecule has 0 amide bonds. The molecule has 2 heteroatoms. The van der Waals surface area contributed by atoms with E-state index in [1.54, 1.807) is 0 Å². The van der Waals surface area contributed by atoms with Gasteiger partial charge in [-0.05, 0) is 38.0 Å². The highest BCUT2D eigenvalue weighted by atomic mass is 79.9. The third-order valence-electron chi connectivity index (χ3n) is 3.38. The number of aryl methyl sites for hydroxylation is 2. The molecule has 0 fully saturated rings. The second kappa shape index (κ2) is 5.79. The standard InChI is InChI=1S/C17H20BrN/c1-5-17(15-9-12(2)8-13(3)10-15)19-7-6-16(18)11-14(19)4/h6-11,17H,4-5H2,1-3H3. The summed E-state index contributed by atoms with van der Waals surface area (Å²) in [4.78, 5) is 2.25. The largest absolute Gasteiger partial charge is 0.341 e. The maximum atomic E-state index is 4.15. The summed E-state index contributed by atoms with van der Waals surface area (Å²) in [5, 5.41) is 0. The van der Waals surface area contributed by atoms with Gasteiger partial charge in [0.25, 0.3) is 0 Å². The van der Waals surface area contributed by atoms with Crippen LogP contribution in [0.25, 0.3) is 0 Å². The third-order valence-corrected chi connectivity index (χ3v) is 3.88. The van der Waals surface area contributed by atoms with Crippen LogP contribution in [0.4, 0.5) is 0 Å². The average molecular weight is 318 g/mol. The van der Waals surface area contributed by atoms with Crippen LogP contribution in [-0.4, -0.2) is 4.90 Å². The van der Waals surface area contributed by atoms with Crippen LogP contribution in [0, 0.1) is 13.8 Å². The van der Waals surface area contributed by atoms with E-state index >= 15 is 0 Å². The first-order chi connectivity index (χ1) is 9.01. The van der Waals surface area contributed by atoms with Gasteiger partial charge in [-0.3, -0.25) is 0 Å². The molecule has 1 nitrogen and oxygen atoms in total. The zero-order valence-corrected chi connectivity index (χ0v) is 13.4. The summed E-state index contributed by atoms with van der Waals surface area (Å²) in [5.41, 5.74) is 5.02. The van der Waals surface area contributed by atoms with E-state index in [1.165, 1.54) is 16.7 Å². The summed E-state index contributed by atoms with van der Waals surface area (Å²) in [5.74, 6) is 0. The Balaban J connectivity index is 2.35. The molecule has 0 radical (unpaired) electrons. The average Bonchev–Trinajstić information content (AvgIpc) is 2.31. The molecule has 0 saturated heterocycles. The normalized spacial score (nSPS) is 16.5. The molecule has 0 aromatic heterocycles. The van der Waals surface area contributed by atoms with Gasteiger partial charge in [0.2, 0.25) is 0 Å². The van der Waals surface area contributed by atoms with E-state index in [2.05, 4.69) is 84.7 Å². The van der Waals surface area contributed by atoms with Crippen LogP contribution in [-0.2, 0) is 0 Å². The van der Waals surface area contributed by atoms with Crippen LogP contribution in [0.3, 0.4) is 0 Å². The number of halogens is 1. The Hall–Kier alpha value is -1.28. The third kappa shape index (κ3) is 3.19. The lowest BCUT2D eigenvalue weighted by Gasteiger charge is -2.33. The lowest BCUT2D eigenvalue weighted by Crippen LogP contribution is -2.23. The van der Waals surface area contributed by atoms with Gasteiger partial charge in [0, 0.05) is 16.4 Å². The zero-order valence-electron chi connectivity index (χ0n) is 11.8. The van der Waals surface area contributed by atoms with E-state index in [0.717, 1.165) is 16.6 Å². The highest BCUT2D eigenvalue weighted by Crippen LogP contribution is 2.32. The van der Waals surface area contributed by atoms with Gasteiger partial charge in [0.05, 0.1) is 6.04 Å². The van der Waals surface area contributed by atoms with Crippen molar-refractivity contribution >= 4 is 15.9 Å². The Morgan fingerprint density at radius 3 is 2.37 bits per heavy atom. The molecule has 0 spiro atoms. The number of allylic oxidation sites excluding steroid dienone is 3. The molecule has 1 unspecified atom stereocenters. The fourth-order valence-electron chi connectivity index (χ4n) is 2.63. The minimum atomic E-state index is 0.346. The van der Waals surface area contributed by atoms with Gasteiger partial charge in [-0.25, -0.2) is 0 Å². The number of rotatable bonds is 3. The minimum Gasteiger partial charge on any atom is -0.341 e. The van der Waals surface area contributed by atoms with E-state index in [1.807, 2.05) is 0 Å². The highest BCUT2D eigenvalue weighted by molar-refractivity contribution is 9.11. The van der Waals surface area contributed by atoms with Crippen LogP contribution < -0.4 is 0 Å². The Labute approximate surface area is 124 Å². The van der Waals surface area contributed by atoms with Crippen LogP contribution in [0.5, 0.6) is 0 Å².